The van der Waals surface area contributed by atoms with Crippen molar-refractivity contribution in [3.63, 3.8) is 0 Å². The summed E-state index contributed by atoms with van der Waals surface area (Å²) in [4.78, 5) is 8.79. The van der Waals surface area contributed by atoms with Gasteiger partial charge in [-0.2, -0.15) is 0 Å². The number of anilines is 2. The Morgan fingerprint density at radius 2 is 2.07 bits per heavy atom. The van der Waals surface area contributed by atoms with Crippen molar-refractivity contribution < 1.29 is 5.11 Å². The third kappa shape index (κ3) is 3.55. The van der Waals surface area contributed by atoms with Gasteiger partial charge < -0.3 is 20.6 Å². The number of para-hydroxylation sites is 1. The van der Waals surface area contributed by atoms with Crippen molar-refractivity contribution >= 4 is 17.7 Å². The molecular formula is C22H26N6O. The van der Waals surface area contributed by atoms with Crippen LogP contribution in [0.4, 0.5) is 11.5 Å². The number of phenols is 1. The van der Waals surface area contributed by atoms with Gasteiger partial charge in [-0.1, -0.05) is 18.7 Å². The number of allylic oxidation sites excluding steroid dienone is 2. The lowest BCUT2D eigenvalue weighted by Crippen LogP contribution is -2.54. The lowest BCUT2D eigenvalue weighted by atomic mass is 10.1. The second kappa shape index (κ2) is 7.58. The Kier molecular flexibility index (Phi) is 4.96. The van der Waals surface area contributed by atoms with Gasteiger partial charge in [0, 0.05) is 44.2 Å². The van der Waals surface area contributed by atoms with Crippen LogP contribution in [0.15, 0.2) is 59.8 Å². The molecule has 2 aliphatic rings. The summed E-state index contributed by atoms with van der Waals surface area (Å²) in [5.74, 6) is 0.588. The predicted octanol–water partition coefficient (Wildman–Crippen LogP) is 2.86. The number of phenolic OH excluding ortho intramolecular Hbond substituents is 1. The average molecular weight is 390 g/mol. The van der Waals surface area contributed by atoms with Crippen LogP contribution in [0.1, 0.15) is 12.8 Å². The van der Waals surface area contributed by atoms with Crippen molar-refractivity contribution in [1.29, 1.82) is 0 Å². The van der Waals surface area contributed by atoms with E-state index in [1.807, 2.05) is 36.6 Å². The molecule has 1 aromatic carbocycles. The van der Waals surface area contributed by atoms with Crippen molar-refractivity contribution in [1.82, 2.24) is 15.1 Å². The SMILES string of the molecule is C=C/C(=C\C=NC)N1CCN(c2cc(-c3ccccc3O)nnc2N)CC12CC2. The second-order valence-corrected chi connectivity index (χ2v) is 7.52. The minimum atomic E-state index is 0.0879. The standard InChI is InChI=1S/C22H26N6O/c1-3-16(8-11-24-2)28-13-12-27(15-22(28)9-10-22)19-14-18(25-26-21(19)23)17-6-4-5-7-20(17)29/h3-8,11,14,29H,1,9-10,12-13,15H2,2H3,(H2,23,26)/b16-8+,24-11?. The first-order chi connectivity index (χ1) is 14.1. The quantitative estimate of drug-likeness (QED) is 0.603. The van der Waals surface area contributed by atoms with Crippen LogP contribution < -0.4 is 10.6 Å². The molecule has 1 aromatic heterocycles. The van der Waals surface area contributed by atoms with Gasteiger partial charge in [0.15, 0.2) is 5.82 Å². The number of nitrogen functional groups attached to an aromatic ring is 1. The zero-order chi connectivity index (χ0) is 20.4. The highest BCUT2D eigenvalue weighted by Gasteiger charge is 2.51. The Hall–Kier alpha value is -3.35. The summed E-state index contributed by atoms with van der Waals surface area (Å²) in [6.45, 7) is 6.51. The third-order valence-corrected chi connectivity index (χ3v) is 5.72. The number of piperazine rings is 1. The van der Waals surface area contributed by atoms with Crippen LogP contribution >= 0.6 is 0 Å². The monoisotopic (exact) mass is 390 g/mol. The molecule has 3 N–H and O–H groups in total. The van der Waals surface area contributed by atoms with Crippen molar-refractivity contribution in [3.8, 4) is 17.0 Å². The molecule has 0 atom stereocenters. The molecule has 1 spiro atoms. The molecule has 4 rings (SSSR count). The molecule has 0 radical (unpaired) electrons. The van der Waals surface area contributed by atoms with E-state index in [0.717, 1.165) is 43.9 Å². The molecule has 1 aliphatic carbocycles. The fourth-order valence-electron chi connectivity index (χ4n) is 4.04. The summed E-state index contributed by atoms with van der Waals surface area (Å²) < 4.78 is 0. The van der Waals surface area contributed by atoms with Gasteiger partial charge in [-0.15, -0.1) is 10.2 Å². The van der Waals surface area contributed by atoms with Gasteiger partial charge in [0.2, 0.25) is 0 Å². The molecule has 29 heavy (non-hydrogen) atoms. The fourth-order valence-corrected chi connectivity index (χ4v) is 4.04. The number of nitrogens with zero attached hydrogens (tertiary/aromatic N) is 5. The molecule has 7 nitrogen and oxygen atoms in total. The number of aliphatic imine (C=N–C) groups is 1. The highest BCUT2D eigenvalue weighted by molar-refractivity contribution is 5.75. The van der Waals surface area contributed by atoms with Gasteiger partial charge in [-0.05, 0) is 43.2 Å². The smallest absolute Gasteiger partial charge is 0.169 e. The average Bonchev–Trinajstić information content (AvgIpc) is 3.50. The first-order valence-electron chi connectivity index (χ1n) is 9.77. The maximum atomic E-state index is 10.2. The van der Waals surface area contributed by atoms with Gasteiger partial charge in [-0.3, -0.25) is 4.99 Å². The first-order valence-corrected chi connectivity index (χ1v) is 9.77. The maximum absolute atomic E-state index is 10.2. The van der Waals surface area contributed by atoms with Gasteiger partial charge in [0.25, 0.3) is 0 Å². The van der Waals surface area contributed by atoms with Crippen molar-refractivity contribution in [2.45, 2.75) is 18.4 Å². The fraction of sp³-hybridized carbons (Fsp3) is 0.318. The molecule has 2 fully saturated rings. The van der Waals surface area contributed by atoms with Crippen molar-refractivity contribution in [2.75, 3.05) is 37.3 Å². The highest BCUT2D eigenvalue weighted by Crippen LogP contribution is 2.47. The minimum absolute atomic E-state index is 0.0879. The number of benzene rings is 1. The summed E-state index contributed by atoms with van der Waals surface area (Å²) in [5, 5.41) is 18.5. The second-order valence-electron chi connectivity index (χ2n) is 7.52. The zero-order valence-electron chi connectivity index (χ0n) is 16.6. The Labute approximate surface area is 170 Å². The van der Waals surface area contributed by atoms with E-state index in [2.05, 4.69) is 31.6 Å². The molecule has 0 amide bonds. The summed E-state index contributed by atoms with van der Waals surface area (Å²) >= 11 is 0. The first kappa shape index (κ1) is 19.0. The molecule has 1 saturated carbocycles. The third-order valence-electron chi connectivity index (χ3n) is 5.72. The Morgan fingerprint density at radius 1 is 1.28 bits per heavy atom. The van der Waals surface area contributed by atoms with E-state index in [4.69, 9.17) is 5.73 Å². The number of aromatic hydroxyl groups is 1. The Morgan fingerprint density at radius 3 is 2.76 bits per heavy atom. The van der Waals surface area contributed by atoms with E-state index in [-0.39, 0.29) is 11.3 Å². The summed E-state index contributed by atoms with van der Waals surface area (Å²) in [5.41, 5.74) is 9.51. The maximum Gasteiger partial charge on any atom is 0.169 e. The van der Waals surface area contributed by atoms with Crippen LogP contribution in [0.5, 0.6) is 5.75 Å². The molecule has 7 heteroatoms. The lowest BCUT2D eigenvalue weighted by Gasteiger charge is -2.45. The van der Waals surface area contributed by atoms with Crippen molar-refractivity contribution in [2.24, 2.45) is 4.99 Å². The normalized spacial score (nSPS) is 18.4. The van der Waals surface area contributed by atoms with Crippen LogP contribution in [0, 0.1) is 0 Å². The van der Waals surface area contributed by atoms with Crippen molar-refractivity contribution in [3.05, 3.63) is 54.8 Å². The molecule has 1 aliphatic heterocycles. The van der Waals surface area contributed by atoms with E-state index in [1.54, 1.807) is 19.2 Å². The lowest BCUT2D eigenvalue weighted by molar-refractivity contribution is 0.215. The van der Waals surface area contributed by atoms with E-state index < -0.39 is 0 Å². The molecule has 2 heterocycles. The molecule has 0 unspecified atom stereocenters. The summed E-state index contributed by atoms with van der Waals surface area (Å²) in [6.07, 6.45) is 7.98. The van der Waals surface area contributed by atoms with E-state index in [0.29, 0.717) is 17.1 Å². The van der Waals surface area contributed by atoms with E-state index in [9.17, 15) is 5.11 Å². The van der Waals surface area contributed by atoms with Crippen LogP contribution in [0.3, 0.4) is 0 Å². The number of hydrogen-bond donors (Lipinski definition) is 2. The Balaban J connectivity index is 1.62. The number of aromatic nitrogens is 2. The Bertz CT molecular complexity index is 979. The van der Waals surface area contributed by atoms with Crippen LogP contribution in [0.2, 0.25) is 0 Å². The van der Waals surface area contributed by atoms with Crippen LogP contribution in [-0.2, 0) is 0 Å². The van der Waals surface area contributed by atoms with Gasteiger partial charge in [0.1, 0.15) is 5.75 Å². The van der Waals surface area contributed by atoms with Crippen LogP contribution in [-0.4, -0.2) is 58.6 Å². The zero-order valence-corrected chi connectivity index (χ0v) is 16.6. The number of rotatable bonds is 5. The van der Waals surface area contributed by atoms with E-state index in [1.165, 1.54) is 0 Å². The van der Waals surface area contributed by atoms with Gasteiger partial charge >= 0.3 is 0 Å². The molecular weight excluding hydrogens is 364 g/mol. The molecule has 2 aromatic rings. The molecule has 0 bridgehead atoms. The summed E-state index contributed by atoms with van der Waals surface area (Å²) in [7, 11) is 1.77. The van der Waals surface area contributed by atoms with Gasteiger partial charge in [-0.25, -0.2) is 0 Å². The highest BCUT2D eigenvalue weighted by atomic mass is 16.3. The number of hydrogen-bond acceptors (Lipinski definition) is 7. The largest absolute Gasteiger partial charge is 0.507 e. The predicted molar refractivity (Wildman–Crippen MR) is 117 cm³/mol. The number of nitrogens with two attached hydrogens (primary N) is 1. The molecule has 150 valence electrons. The topological polar surface area (TPSA) is 90.9 Å². The van der Waals surface area contributed by atoms with Gasteiger partial charge in [0.05, 0.1) is 16.9 Å². The van der Waals surface area contributed by atoms with E-state index >= 15 is 0 Å². The molecule has 1 saturated heterocycles. The van der Waals surface area contributed by atoms with Crippen LogP contribution in [0.25, 0.3) is 11.3 Å². The summed E-state index contributed by atoms with van der Waals surface area (Å²) in [6, 6.07) is 9.06. The minimum Gasteiger partial charge on any atom is -0.507 e.